The van der Waals surface area contributed by atoms with Gasteiger partial charge >= 0.3 is 19.8 Å². The topological polar surface area (TPSA) is 222 Å². The van der Waals surface area contributed by atoms with Gasteiger partial charge in [-0.25, -0.2) is 4.57 Å². The Labute approximate surface area is 370 Å². The van der Waals surface area contributed by atoms with Gasteiger partial charge in [0.15, 0.2) is 6.10 Å². The number of carbonyl (C=O) groups is 2. The molecule has 0 aromatic carbocycles. The molecule has 14 nitrogen and oxygen atoms in total. The van der Waals surface area contributed by atoms with Crippen molar-refractivity contribution in [1.29, 1.82) is 0 Å². The third kappa shape index (κ3) is 25.7. The van der Waals surface area contributed by atoms with Crippen LogP contribution in [0.15, 0.2) is 60.8 Å². The molecule has 356 valence electrons. The first-order valence-corrected chi connectivity index (χ1v) is 24.7. The maximum Gasteiger partial charge on any atom is 0.472 e. The first-order valence-electron chi connectivity index (χ1n) is 23.2. The third-order valence-electron chi connectivity index (χ3n) is 10.8. The molecule has 5 unspecified atom stereocenters. The van der Waals surface area contributed by atoms with Gasteiger partial charge in [-0.2, -0.15) is 0 Å². The molecule has 1 saturated heterocycles. The maximum absolute atomic E-state index is 12.8. The van der Waals surface area contributed by atoms with E-state index >= 15 is 0 Å². The molecule has 1 saturated carbocycles. The van der Waals surface area contributed by atoms with Gasteiger partial charge in [0, 0.05) is 12.8 Å². The van der Waals surface area contributed by atoms with Crippen LogP contribution in [-0.2, 0) is 37.4 Å². The molecule has 0 aromatic rings. The van der Waals surface area contributed by atoms with E-state index in [9.17, 15) is 44.6 Å². The van der Waals surface area contributed by atoms with Crippen molar-refractivity contribution < 1.29 is 67.8 Å². The van der Waals surface area contributed by atoms with Gasteiger partial charge in [-0.05, 0) is 77.0 Å². The maximum atomic E-state index is 12.8. The highest BCUT2D eigenvalue weighted by molar-refractivity contribution is 7.47. The Morgan fingerprint density at radius 2 is 1.08 bits per heavy atom. The van der Waals surface area contributed by atoms with Crippen molar-refractivity contribution in [3.8, 4) is 0 Å². The fourth-order valence-electron chi connectivity index (χ4n) is 6.87. The summed E-state index contributed by atoms with van der Waals surface area (Å²) in [6.45, 7) is 3.17. The first-order chi connectivity index (χ1) is 29.9. The van der Waals surface area contributed by atoms with Crippen LogP contribution in [0.5, 0.6) is 0 Å². The van der Waals surface area contributed by atoms with Crippen molar-refractivity contribution in [2.75, 3.05) is 13.2 Å². The van der Waals surface area contributed by atoms with E-state index < -0.39 is 75.7 Å². The fraction of sp³-hybridized carbons (Fsp3) is 0.745. The van der Waals surface area contributed by atoms with Crippen LogP contribution in [-0.4, -0.2) is 111 Å². The Kier molecular flexibility index (Phi) is 30.5. The van der Waals surface area contributed by atoms with Crippen LogP contribution in [0.25, 0.3) is 0 Å². The molecule has 1 aliphatic heterocycles. The van der Waals surface area contributed by atoms with E-state index in [0.717, 1.165) is 70.6 Å². The highest BCUT2D eigenvalue weighted by Gasteiger charge is 2.51. The van der Waals surface area contributed by atoms with Crippen LogP contribution in [0, 0.1) is 0 Å². The number of carbonyl (C=O) groups excluding carboxylic acids is 2. The van der Waals surface area contributed by atoms with Gasteiger partial charge in [0.25, 0.3) is 0 Å². The number of epoxide rings is 1. The second-order valence-electron chi connectivity index (χ2n) is 16.3. The van der Waals surface area contributed by atoms with Gasteiger partial charge in [0.05, 0.1) is 18.8 Å². The minimum atomic E-state index is -5.14. The number of allylic oxidation sites excluding steroid dienone is 9. The molecule has 2 fully saturated rings. The molecule has 6 N–H and O–H groups in total. The zero-order valence-corrected chi connectivity index (χ0v) is 38.2. The number of esters is 2. The average Bonchev–Trinajstić information content (AvgIpc) is 4.01. The summed E-state index contributed by atoms with van der Waals surface area (Å²) in [5.41, 5.74) is 0. The number of phosphoric acid groups is 1. The molecule has 0 aromatic heterocycles. The summed E-state index contributed by atoms with van der Waals surface area (Å²) in [7, 11) is -5.14. The smallest absolute Gasteiger partial charge is 0.462 e. The number of aliphatic hydroxyl groups excluding tert-OH is 5. The predicted molar refractivity (Wildman–Crippen MR) is 239 cm³/mol. The lowest BCUT2D eigenvalue weighted by atomic mass is 9.85. The van der Waals surface area contributed by atoms with E-state index in [4.69, 9.17) is 23.3 Å². The fourth-order valence-corrected chi connectivity index (χ4v) is 7.85. The lowest BCUT2D eigenvalue weighted by molar-refractivity contribution is -0.220. The van der Waals surface area contributed by atoms with Crippen molar-refractivity contribution in [2.24, 2.45) is 0 Å². The third-order valence-corrected chi connectivity index (χ3v) is 11.7. The van der Waals surface area contributed by atoms with Gasteiger partial charge in [-0.3, -0.25) is 18.6 Å². The first kappa shape index (κ1) is 55.6. The summed E-state index contributed by atoms with van der Waals surface area (Å²) >= 11 is 0. The van der Waals surface area contributed by atoms with Crippen LogP contribution in [0.1, 0.15) is 155 Å². The van der Waals surface area contributed by atoms with Crippen molar-refractivity contribution in [1.82, 2.24) is 0 Å². The highest BCUT2D eigenvalue weighted by atomic mass is 31.2. The predicted octanol–water partition coefficient (Wildman–Crippen LogP) is 7.93. The molecule has 0 bridgehead atoms. The van der Waals surface area contributed by atoms with Gasteiger partial charge in [-0.1, -0.05) is 126 Å². The summed E-state index contributed by atoms with van der Waals surface area (Å²) in [4.78, 5) is 35.7. The number of rotatable bonds is 36. The molecule has 0 amide bonds. The number of ether oxygens (including phenoxy) is 3. The van der Waals surface area contributed by atoms with E-state index in [1.54, 1.807) is 0 Å². The van der Waals surface area contributed by atoms with Crippen LogP contribution >= 0.6 is 7.82 Å². The minimum Gasteiger partial charge on any atom is -0.462 e. The highest BCUT2D eigenvalue weighted by Crippen LogP contribution is 2.47. The number of unbranched alkanes of at least 4 members (excludes halogenated alkanes) is 11. The number of hydrogen-bond donors (Lipinski definition) is 6. The lowest BCUT2D eigenvalue weighted by Gasteiger charge is -2.41. The second-order valence-corrected chi connectivity index (χ2v) is 17.7. The van der Waals surface area contributed by atoms with Crippen molar-refractivity contribution in [3.05, 3.63) is 60.8 Å². The van der Waals surface area contributed by atoms with Crippen LogP contribution in [0.2, 0.25) is 0 Å². The molecule has 0 spiro atoms. The molecular formula is C47H79O14P. The molecule has 15 heteroatoms. The normalized spacial score (nSPS) is 25.7. The molecule has 1 aliphatic carbocycles. The molecule has 62 heavy (non-hydrogen) atoms. The van der Waals surface area contributed by atoms with E-state index in [1.807, 2.05) is 12.2 Å². The summed E-state index contributed by atoms with van der Waals surface area (Å²) in [5, 5.41) is 50.1. The van der Waals surface area contributed by atoms with E-state index in [-0.39, 0.29) is 12.8 Å². The largest absolute Gasteiger partial charge is 0.472 e. The Morgan fingerprint density at radius 3 is 1.71 bits per heavy atom. The van der Waals surface area contributed by atoms with Crippen molar-refractivity contribution in [3.63, 3.8) is 0 Å². The molecular weight excluding hydrogens is 819 g/mol. The molecule has 1 heterocycles. The molecule has 10 atom stereocenters. The SMILES string of the molecule is CCCCC/C=C\C/C=C\CCCCCCCC(=O)OC[C@H](COP(=O)(O)OC1[C@H](O)[C@H](O)C(O)[C@H](O)[C@H]1O)OC(=O)CCC/C=C\C/C=C\C/C=C\CC1OC1CCCCC. The molecule has 0 radical (unpaired) electrons. The Balaban J connectivity index is 1.74. The quantitative estimate of drug-likeness (QED) is 0.0116. The zero-order valence-electron chi connectivity index (χ0n) is 37.3. The van der Waals surface area contributed by atoms with Crippen molar-refractivity contribution >= 4 is 19.8 Å². The van der Waals surface area contributed by atoms with Gasteiger partial charge in [0.1, 0.15) is 43.2 Å². The number of phosphoric ester groups is 1. The zero-order chi connectivity index (χ0) is 45.4. The Hall–Kier alpha value is -2.49. The average molecular weight is 899 g/mol. The van der Waals surface area contributed by atoms with Crippen molar-refractivity contribution in [2.45, 2.75) is 210 Å². The Morgan fingerprint density at radius 1 is 0.581 bits per heavy atom. The summed E-state index contributed by atoms with van der Waals surface area (Å²) < 4.78 is 39.2. The van der Waals surface area contributed by atoms with Gasteiger partial charge < -0.3 is 44.6 Å². The standard InChI is InChI=1S/C47H79O14P/c1-3-5-7-8-9-10-11-12-13-14-15-19-22-25-29-33-40(48)57-35-37(36-58-62(55,56)61-47-45(53)43(51)42(50)44(52)46(47)54)59-41(49)34-30-26-23-20-17-16-18-21-24-28-32-39-38(60-39)31-27-6-4-2/h9-10,12-13,16,18,20,23-24,28,37-39,42-47,50-54H,3-8,11,14-15,17,19,21-22,25-27,29-36H2,1-2H3,(H,55,56)/b10-9-,13-12-,18-16-,23-20-,28-24-/t37-,38?,39?,42?,43-,44+,45-,46-,47?/m1/s1. The summed E-state index contributed by atoms with van der Waals surface area (Å²) in [6.07, 6.45) is 28.8. The molecule has 2 aliphatic rings. The lowest BCUT2D eigenvalue weighted by Crippen LogP contribution is -2.64. The number of aliphatic hydroxyl groups is 5. The second kappa shape index (κ2) is 33.9. The van der Waals surface area contributed by atoms with Crippen LogP contribution < -0.4 is 0 Å². The minimum absolute atomic E-state index is 0.0113. The van der Waals surface area contributed by atoms with E-state index in [2.05, 4.69) is 62.5 Å². The summed E-state index contributed by atoms with van der Waals surface area (Å²) in [6, 6.07) is 0. The van der Waals surface area contributed by atoms with Gasteiger partial charge in [-0.15, -0.1) is 0 Å². The van der Waals surface area contributed by atoms with E-state index in [1.165, 1.54) is 38.5 Å². The molecule has 2 rings (SSSR count). The monoisotopic (exact) mass is 899 g/mol. The summed E-state index contributed by atoms with van der Waals surface area (Å²) in [5.74, 6) is -1.19. The van der Waals surface area contributed by atoms with Gasteiger partial charge in [0.2, 0.25) is 0 Å². The van der Waals surface area contributed by atoms with E-state index in [0.29, 0.717) is 31.5 Å². The number of hydrogen-bond acceptors (Lipinski definition) is 13. The van der Waals surface area contributed by atoms with Crippen LogP contribution in [0.3, 0.4) is 0 Å². The van der Waals surface area contributed by atoms with Crippen LogP contribution in [0.4, 0.5) is 0 Å². The Bertz CT molecular complexity index is 1380.